The molecule has 1 fully saturated rings. The Bertz CT molecular complexity index is 548. The number of nitriles is 1. The summed E-state index contributed by atoms with van der Waals surface area (Å²) in [6, 6.07) is 9.26. The zero-order valence-corrected chi connectivity index (χ0v) is 10.5. The number of carbonyl (C=O) groups excluding carboxylic acids is 2. The second-order valence-electron chi connectivity index (χ2n) is 4.73. The van der Waals surface area contributed by atoms with Gasteiger partial charge in [0.25, 0.3) is 0 Å². The van der Waals surface area contributed by atoms with E-state index in [1.165, 1.54) is 0 Å². The van der Waals surface area contributed by atoms with Crippen LogP contribution >= 0.6 is 0 Å². The van der Waals surface area contributed by atoms with Crippen molar-refractivity contribution in [3.8, 4) is 6.07 Å². The number of benzene rings is 1. The summed E-state index contributed by atoms with van der Waals surface area (Å²) < 4.78 is 0. The molecule has 1 saturated heterocycles. The maximum Gasteiger partial charge on any atom is 0.226 e. The molecule has 0 radical (unpaired) electrons. The first-order chi connectivity index (χ1) is 9.10. The summed E-state index contributed by atoms with van der Waals surface area (Å²) in [5.41, 5.74) is 6.63. The molecule has 1 aliphatic heterocycles. The Kier molecular flexibility index (Phi) is 3.81. The predicted octanol–water partition coefficient (Wildman–Crippen LogP) is 0.782. The molecule has 1 atom stereocenters. The van der Waals surface area contributed by atoms with Crippen LogP contribution in [0.15, 0.2) is 24.3 Å². The first-order valence-corrected chi connectivity index (χ1v) is 6.16. The van der Waals surface area contributed by atoms with E-state index in [2.05, 4.69) is 6.07 Å². The van der Waals surface area contributed by atoms with Crippen LogP contribution in [0, 0.1) is 17.2 Å². The molecule has 1 aromatic carbocycles. The number of hydrogen-bond acceptors (Lipinski definition) is 3. The van der Waals surface area contributed by atoms with Crippen LogP contribution in [0.1, 0.15) is 24.0 Å². The van der Waals surface area contributed by atoms with Gasteiger partial charge in [-0.3, -0.25) is 9.59 Å². The zero-order chi connectivity index (χ0) is 13.8. The average Bonchev–Trinajstić information content (AvgIpc) is 2.71. The van der Waals surface area contributed by atoms with Crippen molar-refractivity contribution in [2.24, 2.45) is 11.7 Å². The number of hydrogen-bond donors (Lipinski definition) is 1. The maximum absolute atomic E-state index is 12.1. The van der Waals surface area contributed by atoms with E-state index in [4.69, 9.17) is 11.0 Å². The molecule has 0 aromatic heterocycles. The summed E-state index contributed by atoms with van der Waals surface area (Å²) in [6.45, 7) is 1.11. The molecule has 0 aliphatic carbocycles. The van der Waals surface area contributed by atoms with Crippen LogP contribution in [0.5, 0.6) is 0 Å². The molecular formula is C14H15N3O2. The molecule has 0 saturated carbocycles. The lowest BCUT2D eigenvalue weighted by Crippen LogP contribution is -2.28. The Morgan fingerprint density at radius 3 is 3.00 bits per heavy atom. The molecule has 19 heavy (non-hydrogen) atoms. The zero-order valence-electron chi connectivity index (χ0n) is 10.5. The standard InChI is InChI=1S/C14H15N3O2/c15-8-10-2-1-3-11(6-10)9-17-5-4-12(14(17)19)7-13(16)18/h1-3,6,12H,4-5,7,9H2,(H2,16,18)/t12-/m0/s1. The molecule has 5 heteroatoms. The Morgan fingerprint density at radius 1 is 1.53 bits per heavy atom. The molecule has 0 bridgehead atoms. The highest BCUT2D eigenvalue weighted by Gasteiger charge is 2.32. The third-order valence-electron chi connectivity index (χ3n) is 3.29. The summed E-state index contributed by atoms with van der Waals surface area (Å²) >= 11 is 0. The van der Waals surface area contributed by atoms with Crippen LogP contribution in [0.25, 0.3) is 0 Å². The van der Waals surface area contributed by atoms with Crippen molar-refractivity contribution in [3.63, 3.8) is 0 Å². The van der Waals surface area contributed by atoms with E-state index in [1.807, 2.05) is 6.07 Å². The van der Waals surface area contributed by atoms with Gasteiger partial charge in [-0.15, -0.1) is 0 Å². The summed E-state index contributed by atoms with van der Waals surface area (Å²) in [4.78, 5) is 24.6. The van der Waals surface area contributed by atoms with Crippen molar-refractivity contribution >= 4 is 11.8 Å². The molecule has 2 rings (SSSR count). The molecule has 1 aromatic rings. The summed E-state index contributed by atoms with van der Waals surface area (Å²) in [5, 5.41) is 8.83. The van der Waals surface area contributed by atoms with E-state index in [0.717, 1.165) is 5.56 Å². The van der Waals surface area contributed by atoms with Crippen LogP contribution in [-0.4, -0.2) is 23.3 Å². The fourth-order valence-corrected chi connectivity index (χ4v) is 2.35. The second-order valence-corrected chi connectivity index (χ2v) is 4.73. The lowest BCUT2D eigenvalue weighted by atomic mass is 10.0. The van der Waals surface area contributed by atoms with E-state index in [1.54, 1.807) is 23.1 Å². The van der Waals surface area contributed by atoms with Gasteiger partial charge in [0.15, 0.2) is 0 Å². The SMILES string of the molecule is N#Cc1cccc(CN2CC[C@@H](CC(N)=O)C2=O)c1. The lowest BCUT2D eigenvalue weighted by molar-refractivity contribution is -0.133. The number of carbonyl (C=O) groups is 2. The monoisotopic (exact) mass is 257 g/mol. The van der Waals surface area contributed by atoms with Gasteiger partial charge >= 0.3 is 0 Å². The summed E-state index contributed by atoms with van der Waals surface area (Å²) in [5.74, 6) is -0.746. The minimum absolute atomic E-state index is 0.0267. The van der Waals surface area contributed by atoms with Gasteiger partial charge in [0, 0.05) is 25.4 Å². The van der Waals surface area contributed by atoms with Crippen LogP contribution in [0.3, 0.4) is 0 Å². The van der Waals surface area contributed by atoms with Gasteiger partial charge in [0.05, 0.1) is 11.6 Å². The number of primary amides is 1. The molecular weight excluding hydrogens is 242 g/mol. The lowest BCUT2D eigenvalue weighted by Gasteiger charge is -2.16. The van der Waals surface area contributed by atoms with Gasteiger partial charge in [-0.25, -0.2) is 0 Å². The van der Waals surface area contributed by atoms with Crippen LogP contribution < -0.4 is 5.73 Å². The Labute approximate surface area is 111 Å². The van der Waals surface area contributed by atoms with Crippen LogP contribution in [0.4, 0.5) is 0 Å². The topological polar surface area (TPSA) is 87.2 Å². The third kappa shape index (κ3) is 3.10. The molecule has 98 valence electrons. The molecule has 0 unspecified atom stereocenters. The molecule has 1 aliphatic rings. The van der Waals surface area contributed by atoms with Crippen molar-refractivity contribution in [1.29, 1.82) is 5.26 Å². The van der Waals surface area contributed by atoms with E-state index in [9.17, 15) is 9.59 Å². The highest BCUT2D eigenvalue weighted by Crippen LogP contribution is 2.23. The predicted molar refractivity (Wildman–Crippen MR) is 68.5 cm³/mol. The minimum Gasteiger partial charge on any atom is -0.370 e. The van der Waals surface area contributed by atoms with E-state index >= 15 is 0 Å². The van der Waals surface area contributed by atoms with E-state index in [0.29, 0.717) is 25.1 Å². The van der Waals surface area contributed by atoms with Gasteiger partial charge in [-0.2, -0.15) is 5.26 Å². The Balaban J connectivity index is 2.02. The first-order valence-electron chi connectivity index (χ1n) is 6.16. The van der Waals surface area contributed by atoms with Gasteiger partial charge in [0.2, 0.25) is 11.8 Å². The van der Waals surface area contributed by atoms with Crippen molar-refractivity contribution in [3.05, 3.63) is 35.4 Å². The minimum atomic E-state index is -0.438. The maximum atomic E-state index is 12.1. The first kappa shape index (κ1) is 13.1. The molecule has 1 heterocycles. The quantitative estimate of drug-likeness (QED) is 0.864. The molecule has 2 N–H and O–H groups in total. The number of amides is 2. The van der Waals surface area contributed by atoms with Crippen molar-refractivity contribution in [2.45, 2.75) is 19.4 Å². The van der Waals surface area contributed by atoms with E-state index in [-0.39, 0.29) is 18.2 Å². The number of nitrogens with two attached hydrogens (primary N) is 1. The summed E-state index contributed by atoms with van der Waals surface area (Å²) in [6.07, 6.45) is 0.785. The molecule has 0 spiro atoms. The Hall–Kier alpha value is -2.35. The largest absolute Gasteiger partial charge is 0.370 e. The smallest absolute Gasteiger partial charge is 0.226 e. The van der Waals surface area contributed by atoms with Gasteiger partial charge in [0.1, 0.15) is 0 Å². The van der Waals surface area contributed by atoms with Crippen molar-refractivity contribution < 1.29 is 9.59 Å². The van der Waals surface area contributed by atoms with Gasteiger partial charge in [-0.05, 0) is 24.1 Å². The van der Waals surface area contributed by atoms with Gasteiger partial charge < -0.3 is 10.6 Å². The second kappa shape index (κ2) is 5.53. The molecule has 2 amide bonds. The summed E-state index contributed by atoms with van der Waals surface area (Å²) in [7, 11) is 0. The third-order valence-corrected chi connectivity index (χ3v) is 3.29. The number of nitrogens with zero attached hydrogens (tertiary/aromatic N) is 2. The fourth-order valence-electron chi connectivity index (χ4n) is 2.35. The highest BCUT2D eigenvalue weighted by molar-refractivity contribution is 5.86. The van der Waals surface area contributed by atoms with Crippen LogP contribution in [0.2, 0.25) is 0 Å². The van der Waals surface area contributed by atoms with Crippen LogP contribution in [-0.2, 0) is 16.1 Å². The van der Waals surface area contributed by atoms with Gasteiger partial charge in [-0.1, -0.05) is 12.1 Å². The Morgan fingerprint density at radius 2 is 2.32 bits per heavy atom. The average molecular weight is 257 g/mol. The van der Waals surface area contributed by atoms with Crippen molar-refractivity contribution in [2.75, 3.05) is 6.54 Å². The van der Waals surface area contributed by atoms with Crippen molar-refractivity contribution in [1.82, 2.24) is 4.90 Å². The normalized spacial score (nSPS) is 18.4. The highest BCUT2D eigenvalue weighted by atomic mass is 16.2. The number of likely N-dealkylation sites (tertiary alicyclic amines) is 1. The van der Waals surface area contributed by atoms with E-state index < -0.39 is 5.91 Å². The fraction of sp³-hybridized carbons (Fsp3) is 0.357. The molecule has 5 nitrogen and oxygen atoms in total. The number of rotatable bonds is 4.